The van der Waals surface area contributed by atoms with Gasteiger partial charge in [0, 0.05) is 13.1 Å². The first-order valence-corrected chi connectivity index (χ1v) is 10.00. The molecule has 1 aromatic heterocycles. The number of hydrogen-bond acceptors (Lipinski definition) is 6. The topological polar surface area (TPSA) is 130 Å². The molecule has 21 heavy (non-hydrogen) atoms. The van der Waals surface area contributed by atoms with Crippen molar-refractivity contribution in [2.24, 2.45) is 0 Å². The Morgan fingerprint density at radius 3 is 2.29 bits per heavy atom. The Morgan fingerprint density at radius 1 is 1.24 bits per heavy atom. The molecule has 0 atom stereocenters. The third-order valence-corrected chi connectivity index (χ3v) is 6.25. The van der Waals surface area contributed by atoms with Gasteiger partial charge in [-0.3, -0.25) is 0 Å². The first kappa shape index (κ1) is 18.0. The summed E-state index contributed by atoms with van der Waals surface area (Å²) in [6, 6.07) is 1.30. The van der Waals surface area contributed by atoms with Gasteiger partial charge in [0.05, 0.1) is 6.26 Å². The molecule has 0 amide bonds. The van der Waals surface area contributed by atoms with Crippen LogP contribution < -0.4 is 9.44 Å². The van der Waals surface area contributed by atoms with Gasteiger partial charge in [-0.25, -0.2) is 31.1 Å². The van der Waals surface area contributed by atoms with Crippen LogP contribution in [0.2, 0.25) is 0 Å². The van der Waals surface area contributed by atoms with E-state index in [4.69, 9.17) is 5.11 Å². The average Bonchev–Trinajstić information content (AvgIpc) is 2.70. The maximum absolute atomic E-state index is 11.9. The van der Waals surface area contributed by atoms with Crippen LogP contribution in [0.25, 0.3) is 0 Å². The maximum Gasteiger partial charge on any atom is 0.346 e. The molecule has 3 N–H and O–H groups in total. The Labute approximate surface area is 127 Å². The summed E-state index contributed by atoms with van der Waals surface area (Å²) in [6.45, 7) is 1.68. The van der Waals surface area contributed by atoms with Crippen LogP contribution in [0.1, 0.15) is 21.7 Å². The van der Waals surface area contributed by atoms with E-state index in [1.54, 1.807) is 0 Å². The monoisotopic (exact) mass is 356 g/mol. The Kier molecular flexibility index (Phi) is 5.87. The number of sulfonamides is 2. The van der Waals surface area contributed by atoms with Gasteiger partial charge in [-0.2, -0.15) is 0 Å². The van der Waals surface area contributed by atoms with E-state index in [1.807, 2.05) is 0 Å². The summed E-state index contributed by atoms with van der Waals surface area (Å²) in [5.41, 5.74) is 0.381. The van der Waals surface area contributed by atoms with E-state index >= 15 is 0 Å². The zero-order chi connectivity index (χ0) is 16.3. The van der Waals surface area contributed by atoms with Crippen molar-refractivity contribution in [3.05, 3.63) is 16.5 Å². The predicted molar refractivity (Wildman–Crippen MR) is 78.7 cm³/mol. The maximum atomic E-state index is 11.9. The van der Waals surface area contributed by atoms with Gasteiger partial charge < -0.3 is 5.11 Å². The van der Waals surface area contributed by atoms with Gasteiger partial charge in [-0.15, -0.1) is 11.3 Å². The summed E-state index contributed by atoms with van der Waals surface area (Å²) in [6.07, 6.45) is 1.29. The zero-order valence-corrected chi connectivity index (χ0v) is 13.9. The molecule has 0 fully saturated rings. The Morgan fingerprint density at radius 2 is 1.81 bits per heavy atom. The summed E-state index contributed by atoms with van der Waals surface area (Å²) in [7, 11) is -7.08. The average molecular weight is 356 g/mol. The Balaban J connectivity index is 2.62. The van der Waals surface area contributed by atoms with Crippen molar-refractivity contribution < 1.29 is 26.7 Å². The highest BCUT2D eigenvalue weighted by molar-refractivity contribution is 7.91. The lowest BCUT2D eigenvalue weighted by Crippen LogP contribution is -2.29. The second-order valence-electron chi connectivity index (χ2n) is 4.30. The minimum absolute atomic E-state index is 0.0193. The summed E-state index contributed by atoms with van der Waals surface area (Å²) < 4.78 is 50.0. The van der Waals surface area contributed by atoms with Crippen LogP contribution in [0, 0.1) is 6.92 Å². The van der Waals surface area contributed by atoms with Gasteiger partial charge in [0.1, 0.15) is 9.09 Å². The van der Waals surface area contributed by atoms with Gasteiger partial charge in [-0.1, -0.05) is 0 Å². The molecule has 120 valence electrons. The molecular weight excluding hydrogens is 340 g/mol. The number of carbonyl (C=O) groups is 1. The van der Waals surface area contributed by atoms with Crippen molar-refractivity contribution in [1.82, 2.24) is 9.44 Å². The molecule has 0 aliphatic rings. The van der Waals surface area contributed by atoms with Crippen molar-refractivity contribution in [3.8, 4) is 0 Å². The lowest BCUT2D eigenvalue weighted by molar-refractivity contribution is 0.0701. The van der Waals surface area contributed by atoms with Crippen LogP contribution in [0.15, 0.2) is 10.3 Å². The van der Waals surface area contributed by atoms with Gasteiger partial charge >= 0.3 is 5.97 Å². The molecule has 0 radical (unpaired) electrons. The lowest BCUT2D eigenvalue weighted by atomic mass is 10.3. The minimum atomic E-state index is -3.78. The number of carboxylic acid groups (broad SMARTS) is 1. The first-order valence-electron chi connectivity index (χ1n) is 5.81. The fourth-order valence-electron chi connectivity index (χ4n) is 1.42. The van der Waals surface area contributed by atoms with Crippen molar-refractivity contribution in [2.45, 2.75) is 17.6 Å². The summed E-state index contributed by atoms with van der Waals surface area (Å²) in [5.74, 6) is -1.17. The highest BCUT2D eigenvalue weighted by atomic mass is 32.2. The van der Waals surface area contributed by atoms with E-state index in [2.05, 4.69) is 9.44 Å². The van der Waals surface area contributed by atoms with Crippen LogP contribution >= 0.6 is 11.3 Å². The van der Waals surface area contributed by atoms with Crippen molar-refractivity contribution in [2.75, 3.05) is 19.3 Å². The smallest absolute Gasteiger partial charge is 0.346 e. The largest absolute Gasteiger partial charge is 0.477 e. The van der Waals surface area contributed by atoms with E-state index in [0.29, 0.717) is 16.9 Å². The second kappa shape index (κ2) is 6.83. The van der Waals surface area contributed by atoms with Crippen LogP contribution in [0.3, 0.4) is 0 Å². The van der Waals surface area contributed by atoms with E-state index in [0.717, 1.165) is 6.26 Å². The molecule has 0 saturated heterocycles. The molecule has 0 unspecified atom stereocenters. The third kappa shape index (κ3) is 5.71. The quantitative estimate of drug-likeness (QED) is 0.561. The van der Waals surface area contributed by atoms with Gasteiger partial charge in [0.25, 0.3) is 0 Å². The normalized spacial score (nSPS) is 12.5. The van der Waals surface area contributed by atoms with Crippen LogP contribution in [-0.2, 0) is 20.0 Å². The van der Waals surface area contributed by atoms with Crippen molar-refractivity contribution >= 4 is 37.4 Å². The summed E-state index contributed by atoms with van der Waals surface area (Å²) in [5, 5.41) is 8.90. The summed E-state index contributed by atoms with van der Waals surface area (Å²) in [4.78, 5) is 10.9. The molecule has 0 aromatic carbocycles. The summed E-state index contributed by atoms with van der Waals surface area (Å²) >= 11 is 0.681. The molecular formula is C10H16N2O6S3. The molecule has 0 bridgehead atoms. The molecule has 1 aromatic rings. The fraction of sp³-hybridized carbons (Fsp3) is 0.500. The molecule has 1 heterocycles. The first-order chi connectivity index (χ1) is 9.53. The van der Waals surface area contributed by atoms with Gasteiger partial charge in [-0.05, 0) is 25.0 Å². The number of carboxylic acids is 1. The minimum Gasteiger partial charge on any atom is -0.477 e. The third-order valence-electron chi connectivity index (χ3n) is 2.36. The lowest BCUT2D eigenvalue weighted by Gasteiger charge is -2.05. The van der Waals surface area contributed by atoms with E-state index in [1.165, 1.54) is 13.0 Å². The molecule has 0 aliphatic heterocycles. The highest BCUT2D eigenvalue weighted by Crippen LogP contribution is 2.25. The molecule has 0 aliphatic carbocycles. The zero-order valence-electron chi connectivity index (χ0n) is 11.4. The second-order valence-corrected chi connectivity index (χ2v) is 9.18. The SMILES string of the molecule is Cc1cc(S(=O)(=O)NCCCNS(C)(=O)=O)sc1C(=O)O. The van der Waals surface area contributed by atoms with Crippen molar-refractivity contribution in [1.29, 1.82) is 0 Å². The molecule has 8 nitrogen and oxygen atoms in total. The fourth-order valence-corrected chi connectivity index (χ4v) is 4.43. The number of hydrogen-bond donors (Lipinski definition) is 3. The number of aromatic carboxylic acids is 1. The van der Waals surface area contributed by atoms with Gasteiger partial charge in [0.2, 0.25) is 20.0 Å². The molecule has 11 heteroatoms. The van der Waals surface area contributed by atoms with E-state index < -0.39 is 26.0 Å². The number of nitrogens with one attached hydrogen (secondary N) is 2. The Hall–Kier alpha value is -1.01. The molecule has 0 saturated carbocycles. The van der Waals surface area contributed by atoms with Crippen LogP contribution in [0.5, 0.6) is 0 Å². The predicted octanol–water partition coefficient (Wildman–Crippen LogP) is -0.0277. The van der Waals surface area contributed by atoms with Crippen molar-refractivity contribution in [3.63, 3.8) is 0 Å². The van der Waals surface area contributed by atoms with Crippen LogP contribution in [-0.4, -0.2) is 47.3 Å². The standard InChI is InChI=1S/C10H16N2O6S3/c1-7-6-8(19-9(7)10(13)14)21(17,18)12-5-3-4-11-20(2,15)16/h6,11-12H,3-5H2,1-2H3,(H,13,14). The van der Waals surface area contributed by atoms with Crippen LogP contribution in [0.4, 0.5) is 0 Å². The number of aryl methyl sites for hydroxylation is 1. The van der Waals surface area contributed by atoms with E-state index in [-0.39, 0.29) is 28.6 Å². The van der Waals surface area contributed by atoms with E-state index in [9.17, 15) is 21.6 Å². The molecule has 0 spiro atoms. The molecule has 1 rings (SSSR count). The Bertz CT molecular complexity index is 720. The number of thiophene rings is 1. The number of rotatable bonds is 8. The highest BCUT2D eigenvalue weighted by Gasteiger charge is 2.21. The van der Waals surface area contributed by atoms with Gasteiger partial charge in [0.15, 0.2) is 0 Å².